The molecule has 3 aromatic rings. The van der Waals surface area contributed by atoms with Crippen LogP contribution in [0.15, 0.2) is 36.4 Å². The van der Waals surface area contributed by atoms with Gasteiger partial charge in [-0.3, -0.25) is 4.79 Å². The molecule has 2 heterocycles. The minimum absolute atomic E-state index is 0.121. The monoisotopic (exact) mass is 309 g/mol. The van der Waals surface area contributed by atoms with Crippen LogP contribution in [0.5, 0.6) is 5.75 Å². The van der Waals surface area contributed by atoms with Crippen molar-refractivity contribution >= 4 is 16.9 Å². The lowest BCUT2D eigenvalue weighted by molar-refractivity contribution is 0.0957. The Hall–Kier alpha value is -2.86. The van der Waals surface area contributed by atoms with Gasteiger partial charge >= 0.3 is 0 Å². The second-order valence-corrected chi connectivity index (χ2v) is 5.39. The summed E-state index contributed by atoms with van der Waals surface area (Å²) in [6, 6.07) is 11.4. The number of rotatable bonds is 2. The van der Waals surface area contributed by atoms with Crippen LogP contribution in [0.3, 0.4) is 0 Å². The van der Waals surface area contributed by atoms with Gasteiger partial charge < -0.3 is 20.1 Å². The number of amides is 1. The van der Waals surface area contributed by atoms with Gasteiger partial charge in [-0.05, 0) is 35.4 Å². The highest BCUT2D eigenvalue weighted by molar-refractivity contribution is 5.98. The largest absolute Gasteiger partial charge is 0.491 e. The summed E-state index contributed by atoms with van der Waals surface area (Å²) in [5.74, 6) is 1.02. The Bertz CT molecular complexity index is 901. The van der Waals surface area contributed by atoms with E-state index in [0.29, 0.717) is 30.3 Å². The van der Waals surface area contributed by atoms with Crippen LogP contribution < -0.4 is 10.1 Å². The van der Waals surface area contributed by atoms with Gasteiger partial charge in [0.05, 0.1) is 23.1 Å². The van der Waals surface area contributed by atoms with Crippen molar-refractivity contribution in [3.05, 3.63) is 47.8 Å². The van der Waals surface area contributed by atoms with Crippen molar-refractivity contribution in [2.45, 2.75) is 6.61 Å². The Morgan fingerprint density at radius 2 is 2.00 bits per heavy atom. The van der Waals surface area contributed by atoms with Crippen LogP contribution in [-0.4, -0.2) is 34.1 Å². The Kier molecular flexibility index (Phi) is 3.24. The third-order valence-electron chi connectivity index (χ3n) is 3.88. The minimum Gasteiger partial charge on any atom is -0.491 e. The lowest BCUT2D eigenvalue weighted by Gasteiger charge is -2.08. The molecular formula is C17H15N3O3. The topological polar surface area (TPSA) is 87.2 Å². The SMILES string of the molecule is O=C1NCCOc2ccc(-c3ccc4nc(CO)[nH]c4c3)cc21. The van der Waals surface area contributed by atoms with E-state index < -0.39 is 0 Å². The van der Waals surface area contributed by atoms with Crippen molar-refractivity contribution in [3.63, 3.8) is 0 Å². The van der Waals surface area contributed by atoms with Gasteiger partial charge in [0, 0.05) is 0 Å². The number of aromatic nitrogens is 2. The van der Waals surface area contributed by atoms with Crippen molar-refractivity contribution in [2.24, 2.45) is 0 Å². The van der Waals surface area contributed by atoms with Crippen molar-refractivity contribution in [1.29, 1.82) is 0 Å². The molecular weight excluding hydrogens is 294 g/mol. The highest BCUT2D eigenvalue weighted by Crippen LogP contribution is 2.29. The summed E-state index contributed by atoms with van der Waals surface area (Å²) in [7, 11) is 0. The Labute approximate surface area is 132 Å². The van der Waals surface area contributed by atoms with Crippen LogP contribution in [-0.2, 0) is 6.61 Å². The van der Waals surface area contributed by atoms with E-state index in [0.717, 1.165) is 22.2 Å². The number of imidazole rings is 1. The summed E-state index contributed by atoms with van der Waals surface area (Å²) >= 11 is 0. The number of aliphatic hydroxyl groups is 1. The molecule has 0 bridgehead atoms. The fourth-order valence-corrected chi connectivity index (χ4v) is 2.75. The number of aromatic amines is 1. The van der Waals surface area contributed by atoms with E-state index in [2.05, 4.69) is 15.3 Å². The lowest BCUT2D eigenvalue weighted by atomic mass is 10.0. The molecule has 0 fully saturated rings. The third kappa shape index (κ3) is 2.43. The molecule has 6 nitrogen and oxygen atoms in total. The van der Waals surface area contributed by atoms with E-state index >= 15 is 0 Å². The second kappa shape index (κ2) is 5.40. The van der Waals surface area contributed by atoms with Gasteiger partial charge in [0.25, 0.3) is 5.91 Å². The molecule has 0 atom stereocenters. The van der Waals surface area contributed by atoms with E-state index in [1.54, 1.807) is 0 Å². The average Bonchev–Trinajstić information content (AvgIpc) is 2.91. The summed E-state index contributed by atoms with van der Waals surface area (Å²) in [6.07, 6.45) is 0. The van der Waals surface area contributed by atoms with Crippen LogP contribution in [0, 0.1) is 0 Å². The number of aliphatic hydroxyl groups excluding tert-OH is 1. The van der Waals surface area contributed by atoms with Gasteiger partial charge in [-0.15, -0.1) is 0 Å². The lowest BCUT2D eigenvalue weighted by Crippen LogP contribution is -2.24. The quantitative estimate of drug-likeness (QED) is 0.674. The van der Waals surface area contributed by atoms with Gasteiger partial charge in [0.2, 0.25) is 0 Å². The smallest absolute Gasteiger partial charge is 0.255 e. The molecule has 0 saturated heterocycles. The Morgan fingerprint density at radius 1 is 1.17 bits per heavy atom. The second-order valence-electron chi connectivity index (χ2n) is 5.39. The molecule has 0 spiro atoms. The van der Waals surface area contributed by atoms with E-state index in [-0.39, 0.29) is 12.5 Å². The first-order valence-corrected chi connectivity index (χ1v) is 7.39. The molecule has 1 aliphatic heterocycles. The van der Waals surface area contributed by atoms with Crippen molar-refractivity contribution in [2.75, 3.05) is 13.2 Å². The zero-order chi connectivity index (χ0) is 15.8. The van der Waals surface area contributed by atoms with Crippen LogP contribution in [0.4, 0.5) is 0 Å². The van der Waals surface area contributed by atoms with Gasteiger partial charge in [0.15, 0.2) is 0 Å². The summed E-state index contributed by atoms with van der Waals surface area (Å²) in [4.78, 5) is 19.5. The maximum Gasteiger partial charge on any atom is 0.255 e. The van der Waals surface area contributed by atoms with E-state index in [1.807, 2.05) is 36.4 Å². The number of H-pyrrole nitrogens is 1. The molecule has 0 radical (unpaired) electrons. The van der Waals surface area contributed by atoms with Crippen molar-refractivity contribution < 1.29 is 14.6 Å². The summed E-state index contributed by atoms with van der Waals surface area (Å²) in [6.45, 7) is 0.857. The number of hydrogen-bond donors (Lipinski definition) is 3. The van der Waals surface area contributed by atoms with Gasteiger partial charge in [-0.25, -0.2) is 4.98 Å². The zero-order valence-corrected chi connectivity index (χ0v) is 12.3. The Morgan fingerprint density at radius 3 is 2.87 bits per heavy atom. The minimum atomic E-state index is -0.125. The van der Waals surface area contributed by atoms with E-state index in [4.69, 9.17) is 9.84 Å². The molecule has 0 unspecified atom stereocenters. The summed E-state index contributed by atoms with van der Waals surface area (Å²) < 4.78 is 5.57. The third-order valence-corrected chi connectivity index (χ3v) is 3.88. The molecule has 0 aliphatic carbocycles. The molecule has 1 aromatic heterocycles. The number of nitrogens with zero attached hydrogens (tertiary/aromatic N) is 1. The first-order valence-electron chi connectivity index (χ1n) is 7.39. The molecule has 6 heteroatoms. The number of hydrogen-bond acceptors (Lipinski definition) is 4. The van der Waals surface area contributed by atoms with Gasteiger partial charge in [-0.1, -0.05) is 12.1 Å². The number of fused-ring (bicyclic) bond motifs is 2. The molecule has 116 valence electrons. The van der Waals surface area contributed by atoms with Crippen LogP contribution >= 0.6 is 0 Å². The molecule has 2 aromatic carbocycles. The molecule has 3 N–H and O–H groups in total. The predicted octanol–water partition coefficient (Wildman–Crippen LogP) is 1.84. The van der Waals surface area contributed by atoms with Crippen molar-refractivity contribution in [3.8, 4) is 16.9 Å². The van der Waals surface area contributed by atoms with E-state index in [1.165, 1.54) is 0 Å². The number of benzene rings is 2. The van der Waals surface area contributed by atoms with Crippen molar-refractivity contribution in [1.82, 2.24) is 15.3 Å². The maximum atomic E-state index is 12.1. The zero-order valence-electron chi connectivity index (χ0n) is 12.3. The molecule has 23 heavy (non-hydrogen) atoms. The van der Waals surface area contributed by atoms with Crippen LogP contribution in [0.25, 0.3) is 22.2 Å². The highest BCUT2D eigenvalue weighted by atomic mass is 16.5. The highest BCUT2D eigenvalue weighted by Gasteiger charge is 2.17. The Balaban J connectivity index is 1.79. The number of carbonyl (C=O) groups excluding carboxylic acids is 1. The number of nitrogens with one attached hydrogen (secondary N) is 2. The fourth-order valence-electron chi connectivity index (χ4n) is 2.75. The summed E-state index contributed by atoms with van der Waals surface area (Å²) in [5, 5.41) is 12.0. The first-order chi connectivity index (χ1) is 11.2. The normalized spacial score (nSPS) is 14.0. The maximum absolute atomic E-state index is 12.1. The van der Waals surface area contributed by atoms with Crippen LogP contribution in [0.2, 0.25) is 0 Å². The van der Waals surface area contributed by atoms with Gasteiger partial charge in [-0.2, -0.15) is 0 Å². The van der Waals surface area contributed by atoms with E-state index in [9.17, 15) is 4.79 Å². The molecule has 4 rings (SSSR count). The van der Waals surface area contributed by atoms with Gasteiger partial charge in [0.1, 0.15) is 24.8 Å². The molecule has 1 aliphatic rings. The number of carbonyl (C=O) groups is 1. The number of ether oxygens (including phenoxy) is 1. The summed E-state index contributed by atoms with van der Waals surface area (Å²) in [5.41, 5.74) is 4.08. The molecule has 0 saturated carbocycles. The fraction of sp³-hybridized carbons (Fsp3) is 0.176. The van der Waals surface area contributed by atoms with Crippen LogP contribution in [0.1, 0.15) is 16.2 Å². The molecule has 1 amide bonds. The first kappa shape index (κ1) is 13.8. The standard InChI is InChI=1S/C17H15N3O3/c21-9-16-19-13-3-1-11(8-14(13)20-16)10-2-4-15-12(7-10)17(22)18-5-6-23-15/h1-4,7-8,21H,5-6,9H2,(H,18,22)(H,19,20). The average molecular weight is 309 g/mol. The predicted molar refractivity (Wildman–Crippen MR) is 85.3 cm³/mol.